The van der Waals surface area contributed by atoms with E-state index < -0.39 is 5.60 Å². The van der Waals surface area contributed by atoms with Gasteiger partial charge in [0.15, 0.2) is 5.78 Å². The van der Waals surface area contributed by atoms with Crippen LogP contribution in [-0.2, 0) is 5.41 Å². The van der Waals surface area contributed by atoms with E-state index in [0.717, 1.165) is 30.4 Å². The average Bonchev–Trinajstić information content (AvgIpc) is 2.79. The Kier molecular flexibility index (Phi) is 9.10. The second kappa shape index (κ2) is 11.1. The number of amides is 1. The van der Waals surface area contributed by atoms with Gasteiger partial charge in [-0.25, -0.2) is 0 Å². The number of aliphatic hydroxyl groups is 1. The van der Waals surface area contributed by atoms with Crippen LogP contribution in [0, 0.1) is 19.3 Å². The van der Waals surface area contributed by atoms with Crippen molar-refractivity contribution < 1.29 is 14.7 Å². The highest BCUT2D eigenvalue weighted by Gasteiger charge is 2.41. The predicted molar refractivity (Wildman–Crippen MR) is 145 cm³/mol. The number of hydrogen-bond donors (Lipinski definition) is 2. The standard InChI is InChI=1S/C31H45NO3/c1-10-17-31(35,29(6,7)8)20-27(33)25-15-13-23(18-21(25)4)30(11-2,12-3)24-14-16-26(22(5)19-24)28(34)32-9/h13-16,18-19,35H,10-12,17,20H2,1-9H3,(H,32,34). The predicted octanol–water partition coefficient (Wildman–Crippen LogP) is 6.92. The molecule has 0 fully saturated rings. The van der Waals surface area contributed by atoms with Crippen LogP contribution in [0.5, 0.6) is 0 Å². The fourth-order valence-electron chi connectivity index (χ4n) is 5.36. The Labute approximate surface area is 212 Å². The van der Waals surface area contributed by atoms with Gasteiger partial charge in [-0.15, -0.1) is 0 Å². The molecule has 4 heteroatoms. The first-order valence-electron chi connectivity index (χ1n) is 13.0. The molecule has 0 aliphatic rings. The molecule has 2 N–H and O–H groups in total. The van der Waals surface area contributed by atoms with Gasteiger partial charge >= 0.3 is 0 Å². The van der Waals surface area contributed by atoms with Gasteiger partial charge in [-0.3, -0.25) is 9.59 Å². The van der Waals surface area contributed by atoms with E-state index in [1.54, 1.807) is 7.05 Å². The zero-order chi connectivity index (χ0) is 26.6. The Morgan fingerprint density at radius 1 is 0.857 bits per heavy atom. The van der Waals surface area contributed by atoms with Gasteiger partial charge in [0.2, 0.25) is 0 Å². The summed E-state index contributed by atoms with van der Waals surface area (Å²) in [4.78, 5) is 25.5. The molecule has 2 aromatic carbocycles. The second-order valence-corrected chi connectivity index (χ2v) is 11.1. The number of rotatable bonds is 10. The third-order valence-electron chi connectivity index (χ3n) is 8.05. The largest absolute Gasteiger partial charge is 0.389 e. The zero-order valence-corrected chi connectivity index (χ0v) is 23.3. The molecule has 1 amide bonds. The molecule has 0 heterocycles. The lowest BCUT2D eigenvalue weighted by Crippen LogP contribution is -2.44. The Balaban J connectivity index is 2.49. The Hall–Kier alpha value is -2.46. The normalized spacial score (nSPS) is 13.9. The molecule has 2 aromatic rings. The molecule has 0 aliphatic heterocycles. The van der Waals surface area contributed by atoms with Crippen LogP contribution >= 0.6 is 0 Å². The number of aryl methyl sites for hydroxylation is 2. The first-order valence-corrected chi connectivity index (χ1v) is 13.0. The Morgan fingerprint density at radius 3 is 1.71 bits per heavy atom. The number of carbonyl (C=O) groups is 2. The van der Waals surface area contributed by atoms with Gasteiger partial charge in [-0.2, -0.15) is 0 Å². The summed E-state index contributed by atoms with van der Waals surface area (Å²) < 4.78 is 0. The van der Waals surface area contributed by atoms with E-state index >= 15 is 0 Å². The number of Topliss-reactive ketones (excluding diaryl/α,β-unsaturated/α-hetero) is 1. The van der Waals surface area contributed by atoms with Crippen LogP contribution in [0.2, 0.25) is 0 Å². The van der Waals surface area contributed by atoms with Crippen LogP contribution in [0.4, 0.5) is 0 Å². The van der Waals surface area contributed by atoms with Gasteiger partial charge < -0.3 is 10.4 Å². The van der Waals surface area contributed by atoms with E-state index in [2.05, 4.69) is 43.4 Å². The number of carbonyl (C=O) groups excluding carboxylic acids is 2. The molecule has 0 saturated carbocycles. The lowest BCUT2D eigenvalue weighted by molar-refractivity contribution is -0.0644. The highest BCUT2D eigenvalue weighted by Crippen LogP contribution is 2.41. The number of ketones is 1. The molecule has 1 unspecified atom stereocenters. The van der Waals surface area contributed by atoms with E-state index in [0.29, 0.717) is 17.5 Å². The quantitative estimate of drug-likeness (QED) is 0.364. The van der Waals surface area contributed by atoms with Crippen LogP contribution in [-0.4, -0.2) is 29.4 Å². The van der Waals surface area contributed by atoms with Gasteiger partial charge in [0.1, 0.15) is 0 Å². The van der Waals surface area contributed by atoms with Crippen molar-refractivity contribution in [2.45, 2.75) is 98.5 Å². The number of hydrogen-bond acceptors (Lipinski definition) is 3. The molecule has 0 bridgehead atoms. The summed E-state index contributed by atoms with van der Waals surface area (Å²) in [6, 6.07) is 12.2. The molecule has 0 radical (unpaired) electrons. The molecule has 1 atom stereocenters. The molecule has 4 nitrogen and oxygen atoms in total. The summed E-state index contributed by atoms with van der Waals surface area (Å²) in [5, 5.41) is 14.0. The van der Waals surface area contributed by atoms with E-state index in [1.807, 2.05) is 53.7 Å². The van der Waals surface area contributed by atoms with Crippen LogP contribution in [0.3, 0.4) is 0 Å². The van der Waals surface area contributed by atoms with Crippen LogP contribution < -0.4 is 5.32 Å². The van der Waals surface area contributed by atoms with E-state index in [1.165, 1.54) is 11.1 Å². The first kappa shape index (κ1) is 28.8. The van der Waals surface area contributed by atoms with E-state index in [-0.39, 0.29) is 28.9 Å². The van der Waals surface area contributed by atoms with Gasteiger partial charge in [-0.1, -0.05) is 78.3 Å². The molecular formula is C31H45NO3. The van der Waals surface area contributed by atoms with Crippen molar-refractivity contribution in [2.75, 3.05) is 7.05 Å². The van der Waals surface area contributed by atoms with Crippen molar-refractivity contribution in [3.63, 3.8) is 0 Å². The van der Waals surface area contributed by atoms with Crippen molar-refractivity contribution >= 4 is 11.7 Å². The molecule has 35 heavy (non-hydrogen) atoms. The van der Waals surface area contributed by atoms with Gasteiger partial charge in [0, 0.05) is 30.0 Å². The summed E-state index contributed by atoms with van der Waals surface area (Å²) >= 11 is 0. The average molecular weight is 480 g/mol. The molecule has 0 aliphatic carbocycles. The maximum absolute atomic E-state index is 13.3. The molecular weight excluding hydrogens is 434 g/mol. The van der Waals surface area contributed by atoms with Crippen LogP contribution in [0.1, 0.15) is 117 Å². The minimum atomic E-state index is -1.04. The number of nitrogens with one attached hydrogen (secondary N) is 1. The summed E-state index contributed by atoms with van der Waals surface area (Å²) in [5.41, 5.74) is 3.97. The molecule has 0 spiro atoms. The monoisotopic (exact) mass is 479 g/mol. The molecule has 2 rings (SSSR count). The fourth-order valence-corrected chi connectivity index (χ4v) is 5.36. The van der Waals surface area contributed by atoms with Crippen LogP contribution in [0.15, 0.2) is 36.4 Å². The summed E-state index contributed by atoms with van der Waals surface area (Å²) in [6.07, 6.45) is 3.34. The molecule has 0 aromatic heterocycles. The van der Waals surface area contributed by atoms with Gasteiger partial charge in [-0.05, 0) is 66.8 Å². The minimum Gasteiger partial charge on any atom is -0.389 e. The fraction of sp³-hybridized carbons (Fsp3) is 0.548. The number of benzene rings is 2. The zero-order valence-electron chi connectivity index (χ0n) is 23.3. The highest BCUT2D eigenvalue weighted by molar-refractivity contribution is 5.98. The lowest BCUT2D eigenvalue weighted by atomic mass is 9.69. The van der Waals surface area contributed by atoms with Crippen molar-refractivity contribution in [1.29, 1.82) is 0 Å². The maximum Gasteiger partial charge on any atom is 0.251 e. The lowest BCUT2D eigenvalue weighted by Gasteiger charge is -2.40. The Bertz CT molecular complexity index is 1060. The third kappa shape index (κ3) is 5.69. The maximum atomic E-state index is 13.3. The molecule has 192 valence electrons. The van der Waals surface area contributed by atoms with Crippen molar-refractivity contribution in [1.82, 2.24) is 5.32 Å². The smallest absolute Gasteiger partial charge is 0.251 e. The van der Waals surface area contributed by atoms with Gasteiger partial charge in [0.25, 0.3) is 5.91 Å². The van der Waals surface area contributed by atoms with Gasteiger partial charge in [0.05, 0.1) is 5.60 Å². The highest BCUT2D eigenvalue weighted by atomic mass is 16.3. The van der Waals surface area contributed by atoms with E-state index in [9.17, 15) is 14.7 Å². The SMILES string of the molecule is CCCC(O)(CC(=O)c1ccc(C(CC)(CC)c2ccc(C(=O)NC)c(C)c2)cc1C)C(C)(C)C. The first-order chi connectivity index (χ1) is 16.3. The molecule has 0 saturated heterocycles. The van der Waals surface area contributed by atoms with Crippen molar-refractivity contribution in [2.24, 2.45) is 5.41 Å². The summed E-state index contributed by atoms with van der Waals surface area (Å²) in [5.74, 6) is -0.0889. The summed E-state index contributed by atoms with van der Waals surface area (Å²) in [7, 11) is 1.65. The van der Waals surface area contributed by atoms with Crippen LogP contribution in [0.25, 0.3) is 0 Å². The van der Waals surface area contributed by atoms with Crippen molar-refractivity contribution in [3.8, 4) is 0 Å². The third-order valence-corrected chi connectivity index (χ3v) is 8.05. The Morgan fingerprint density at radius 2 is 1.34 bits per heavy atom. The van der Waals surface area contributed by atoms with Crippen molar-refractivity contribution in [3.05, 3.63) is 69.8 Å². The minimum absolute atomic E-state index is 0.00991. The van der Waals surface area contributed by atoms with E-state index in [4.69, 9.17) is 0 Å². The second-order valence-electron chi connectivity index (χ2n) is 11.1. The summed E-state index contributed by atoms with van der Waals surface area (Å²) in [6.45, 7) is 16.4. The topological polar surface area (TPSA) is 66.4 Å².